The molecule has 1 aromatic carbocycles. The fourth-order valence-electron chi connectivity index (χ4n) is 1.69. The van der Waals surface area contributed by atoms with Crippen molar-refractivity contribution in [3.8, 4) is 0 Å². The molecule has 110 valence electrons. The van der Waals surface area contributed by atoms with Crippen molar-refractivity contribution in [2.45, 2.75) is 25.4 Å². The van der Waals surface area contributed by atoms with E-state index in [1.54, 1.807) is 6.07 Å². The Labute approximate surface area is 123 Å². The zero-order chi connectivity index (χ0) is 15.0. The van der Waals surface area contributed by atoms with E-state index in [9.17, 15) is 9.59 Å². The lowest BCUT2D eigenvalue weighted by Crippen LogP contribution is -2.33. The SMILES string of the molecule is COC(=O)CC(CC(=O)OC)NCc1cccc(Cl)c1. The van der Waals surface area contributed by atoms with Gasteiger partial charge in [0.05, 0.1) is 27.1 Å². The summed E-state index contributed by atoms with van der Waals surface area (Å²) >= 11 is 5.90. The summed E-state index contributed by atoms with van der Waals surface area (Å²) in [5, 5.41) is 3.77. The van der Waals surface area contributed by atoms with Crippen LogP contribution < -0.4 is 5.32 Å². The highest BCUT2D eigenvalue weighted by molar-refractivity contribution is 6.30. The molecule has 20 heavy (non-hydrogen) atoms. The van der Waals surface area contributed by atoms with E-state index in [1.165, 1.54) is 14.2 Å². The molecule has 0 unspecified atom stereocenters. The quantitative estimate of drug-likeness (QED) is 0.779. The van der Waals surface area contributed by atoms with Crippen LogP contribution in [0.2, 0.25) is 5.02 Å². The van der Waals surface area contributed by atoms with E-state index < -0.39 is 0 Å². The number of ether oxygens (including phenoxy) is 2. The first-order chi connectivity index (χ1) is 9.55. The molecule has 0 amide bonds. The van der Waals surface area contributed by atoms with Gasteiger partial charge in [0.25, 0.3) is 0 Å². The van der Waals surface area contributed by atoms with E-state index in [4.69, 9.17) is 11.6 Å². The molecule has 0 atom stereocenters. The summed E-state index contributed by atoms with van der Waals surface area (Å²) in [5.41, 5.74) is 0.970. The number of nitrogens with one attached hydrogen (secondary N) is 1. The standard InChI is InChI=1S/C14H18ClNO4/c1-19-13(17)7-12(8-14(18)20-2)16-9-10-4-3-5-11(15)6-10/h3-6,12,16H,7-9H2,1-2H3. The first-order valence-corrected chi connectivity index (χ1v) is 6.54. The lowest BCUT2D eigenvalue weighted by Gasteiger charge is -2.16. The zero-order valence-electron chi connectivity index (χ0n) is 11.5. The normalized spacial score (nSPS) is 10.4. The lowest BCUT2D eigenvalue weighted by atomic mass is 10.1. The first kappa shape index (κ1) is 16.5. The zero-order valence-corrected chi connectivity index (χ0v) is 12.3. The van der Waals surface area contributed by atoms with Crippen molar-refractivity contribution in [1.82, 2.24) is 5.32 Å². The Kier molecular flexibility index (Phi) is 7.04. The molecule has 1 aromatic rings. The van der Waals surface area contributed by atoms with Gasteiger partial charge in [-0.05, 0) is 17.7 Å². The van der Waals surface area contributed by atoms with Crippen LogP contribution in [0.3, 0.4) is 0 Å². The second-order valence-electron chi connectivity index (χ2n) is 4.27. The molecule has 0 bridgehead atoms. The van der Waals surface area contributed by atoms with Crippen LogP contribution in [0.25, 0.3) is 0 Å². The molecule has 0 aliphatic heterocycles. The van der Waals surface area contributed by atoms with Gasteiger partial charge in [0.2, 0.25) is 0 Å². The molecule has 1 rings (SSSR count). The number of methoxy groups -OCH3 is 2. The minimum absolute atomic E-state index is 0.103. The number of benzene rings is 1. The molecule has 0 aliphatic carbocycles. The summed E-state index contributed by atoms with van der Waals surface area (Å²) in [6.45, 7) is 0.499. The van der Waals surface area contributed by atoms with Gasteiger partial charge < -0.3 is 14.8 Å². The Bertz CT molecular complexity index is 446. The number of carbonyl (C=O) groups excluding carboxylic acids is 2. The van der Waals surface area contributed by atoms with Crippen molar-refractivity contribution in [1.29, 1.82) is 0 Å². The van der Waals surface area contributed by atoms with E-state index in [0.717, 1.165) is 5.56 Å². The third-order valence-corrected chi connectivity index (χ3v) is 3.00. The second kappa shape index (κ2) is 8.55. The summed E-state index contributed by atoms with van der Waals surface area (Å²) in [7, 11) is 2.63. The van der Waals surface area contributed by atoms with E-state index in [1.807, 2.05) is 18.2 Å². The monoisotopic (exact) mass is 299 g/mol. The minimum atomic E-state index is -0.377. The number of carbonyl (C=O) groups is 2. The number of hydrogen-bond acceptors (Lipinski definition) is 5. The van der Waals surface area contributed by atoms with Crippen LogP contribution in [0.5, 0.6) is 0 Å². The highest BCUT2D eigenvalue weighted by Crippen LogP contribution is 2.11. The summed E-state index contributed by atoms with van der Waals surface area (Å²) in [5.74, 6) is -0.755. The third kappa shape index (κ3) is 6.04. The Hall–Kier alpha value is -1.59. The summed E-state index contributed by atoms with van der Waals surface area (Å²) < 4.78 is 9.23. The van der Waals surface area contributed by atoms with Gasteiger partial charge in [-0.25, -0.2) is 0 Å². The number of esters is 2. The van der Waals surface area contributed by atoms with Crippen molar-refractivity contribution >= 4 is 23.5 Å². The number of rotatable bonds is 7. The predicted octanol–water partition coefficient (Wildman–Crippen LogP) is 1.92. The number of hydrogen-bond donors (Lipinski definition) is 1. The largest absolute Gasteiger partial charge is 0.469 e. The fourth-order valence-corrected chi connectivity index (χ4v) is 1.91. The second-order valence-corrected chi connectivity index (χ2v) is 4.70. The van der Waals surface area contributed by atoms with Crippen LogP contribution in [0.15, 0.2) is 24.3 Å². The van der Waals surface area contributed by atoms with E-state index in [0.29, 0.717) is 11.6 Å². The van der Waals surface area contributed by atoms with Gasteiger partial charge in [-0.3, -0.25) is 9.59 Å². The van der Waals surface area contributed by atoms with E-state index in [2.05, 4.69) is 14.8 Å². The molecule has 0 radical (unpaired) electrons. The van der Waals surface area contributed by atoms with Crippen LogP contribution in [-0.4, -0.2) is 32.2 Å². The Morgan fingerprint density at radius 1 is 1.20 bits per heavy atom. The highest BCUT2D eigenvalue weighted by Gasteiger charge is 2.18. The Morgan fingerprint density at radius 2 is 1.80 bits per heavy atom. The average Bonchev–Trinajstić information content (AvgIpc) is 2.44. The maximum Gasteiger partial charge on any atom is 0.307 e. The Balaban J connectivity index is 2.59. The number of halogens is 1. The van der Waals surface area contributed by atoms with Crippen molar-refractivity contribution in [2.24, 2.45) is 0 Å². The summed E-state index contributed by atoms with van der Waals surface area (Å²) in [6, 6.07) is 7.02. The van der Waals surface area contributed by atoms with Crippen LogP contribution >= 0.6 is 11.6 Å². The molecule has 5 nitrogen and oxygen atoms in total. The van der Waals surface area contributed by atoms with Gasteiger partial charge in [0.15, 0.2) is 0 Å². The van der Waals surface area contributed by atoms with Crippen LogP contribution in [-0.2, 0) is 25.6 Å². The van der Waals surface area contributed by atoms with Crippen LogP contribution in [0.4, 0.5) is 0 Å². The fraction of sp³-hybridized carbons (Fsp3) is 0.429. The maximum atomic E-state index is 11.3. The highest BCUT2D eigenvalue weighted by atomic mass is 35.5. The molecular weight excluding hydrogens is 282 g/mol. The van der Waals surface area contributed by atoms with E-state index >= 15 is 0 Å². The average molecular weight is 300 g/mol. The smallest absolute Gasteiger partial charge is 0.307 e. The van der Waals surface area contributed by atoms with Gasteiger partial charge in [0, 0.05) is 17.6 Å². The molecule has 0 saturated carbocycles. The molecule has 0 heterocycles. The van der Waals surface area contributed by atoms with Crippen molar-refractivity contribution in [3.05, 3.63) is 34.9 Å². The van der Waals surface area contributed by atoms with Gasteiger partial charge >= 0.3 is 11.9 Å². The van der Waals surface area contributed by atoms with Crippen LogP contribution in [0, 0.1) is 0 Å². The van der Waals surface area contributed by atoms with Crippen molar-refractivity contribution in [2.75, 3.05) is 14.2 Å². The Morgan fingerprint density at radius 3 is 2.30 bits per heavy atom. The van der Waals surface area contributed by atoms with Crippen molar-refractivity contribution in [3.63, 3.8) is 0 Å². The van der Waals surface area contributed by atoms with Gasteiger partial charge in [0.1, 0.15) is 0 Å². The third-order valence-electron chi connectivity index (χ3n) is 2.77. The maximum absolute atomic E-state index is 11.3. The first-order valence-electron chi connectivity index (χ1n) is 6.16. The van der Waals surface area contributed by atoms with Crippen LogP contribution in [0.1, 0.15) is 18.4 Å². The molecule has 0 fully saturated rings. The van der Waals surface area contributed by atoms with Gasteiger partial charge in [-0.2, -0.15) is 0 Å². The molecule has 0 aliphatic rings. The molecule has 0 spiro atoms. The molecule has 1 N–H and O–H groups in total. The summed E-state index contributed by atoms with van der Waals surface area (Å²) in [4.78, 5) is 22.6. The van der Waals surface area contributed by atoms with Crippen molar-refractivity contribution < 1.29 is 19.1 Å². The summed E-state index contributed by atoms with van der Waals surface area (Å²) in [6.07, 6.45) is 0.207. The van der Waals surface area contributed by atoms with E-state index in [-0.39, 0.29) is 30.8 Å². The lowest BCUT2D eigenvalue weighted by molar-refractivity contribution is -0.143. The van der Waals surface area contributed by atoms with Gasteiger partial charge in [-0.15, -0.1) is 0 Å². The predicted molar refractivity (Wildman–Crippen MR) is 75.3 cm³/mol. The topological polar surface area (TPSA) is 64.6 Å². The molecule has 0 aromatic heterocycles. The molecule has 0 saturated heterocycles. The molecular formula is C14H18ClNO4. The van der Waals surface area contributed by atoms with Gasteiger partial charge in [-0.1, -0.05) is 23.7 Å². The molecule has 6 heteroatoms. The minimum Gasteiger partial charge on any atom is -0.469 e.